The molecule has 1 saturated carbocycles. The minimum Gasteiger partial charge on any atom is -0.479 e. The van der Waals surface area contributed by atoms with Gasteiger partial charge in [-0.3, -0.25) is 9.69 Å². The van der Waals surface area contributed by atoms with Crippen molar-refractivity contribution in [1.82, 2.24) is 10.6 Å². The van der Waals surface area contributed by atoms with Crippen LogP contribution < -0.4 is 15.5 Å². The Morgan fingerprint density at radius 1 is 1.04 bits per heavy atom. The number of amides is 3. The van der Waals surface area contributed by atoms with E-state index in [1.165, 1.54) is 54.9 Å². The van der Waals surface area contributed by atoms with Crippen molar-refractivity contribution in [3.63, 3.8) is 0 Å². The number of carbonyl (C=O) groups excluding carboxylic acids is 2. The molecule has 1 fully saturated rings. The van der Waals surface area contributed by atoms with Gasteiger partial charge >= 0.3 is 18.2 Å². The Balaban J connectivity index is 1.56. The number of carboxylic acids is 1. The predicted octanol–water partition coefficient (Wildman–Crippen LogP) is 6.98. The molecular weight excluding hydrogens is 627 g/mol. The van der Waals surface area contributed by atoms with E-state index in [4.69, 9.17) is 9.84 Å². The molecular formula is C36H44F3N3O6. The summed E-state index contributed by atoms with van der Waals surface area (Å²) in [6, 6.07) is 13.3. The molecule has 2 aromatic rings. The summed E-state index contributed by atoms with van der Waals surface area (Å²) in [5.41, 5.74) is 0.143. The Morgan fingerprint density at radius 3 is 2.31 bits per heavy atom. The molecule has 1 unspecified atom stereocenters. The summed E-state index contributed by atoms with van der Waals surface area (Å²) >= 11 is 0. The number of halogens is 3. The normalized spacial score (nSPS) is 19.1. The second-order valence-electron chi connectivity index (χ2n) is 12.6. The molecule has 2 aromatic carbocycles. The Morgan fingerprint density at radius 2 is 1.71 bits per heavy atom. The molecule has 0 aromatic heterocycles. The number of alkyl halides is 3. The maximum absolute atomic E-state index is 14.2. The highest BCUT2D eigenvalue weighted by Gasteiger charge is 2.47. The molecule has 4 N–H and O–H groups in total. The minimum atomic E-state index is -4.67. The molecule has 0 bridgehead atoms. The third kappa shape index (κ3) is 9.70. The fraction of sp³-hybridized carbons (Fsp3) is 0.472. The molecule has 12 heteroatoms. The first kappa shape index (κ1) is 36.7. The molecule has 4 rings (SSSR count). The van der Waals surface area contributed by atoms with Gasteiger partial charge in [-0.25, -0.2) is 9.59 Å². The van der Waals surface area contributed by atoms with Crippen LogP contribution in [0.2, 0.25) is 0 Å². The highest BCUT2D eigenvalue weighted by Crippen LogP contribution is 2.41. The smallest absolute Gasteiger partial charge is 0.415 e. The fourth-order valence-electron chi connectivity index (χ4n) is 5.99. The van der Waals surface area contributed by atoms with E-state index in [0.29, 0.717) is 23.6 Å². The summed E-state index contributed by atoms with van der Waals surface area (Å²) in [6.45, 7) is 3.10. The van der Waals surface area contributed by atoms with Gasteiger partial charge in [0.1, 0.15) is 0 Å². The van der Waals surface area contributed by atoms with Crippen LogP contribution in [0.1, 0.15) is 92.6 Å². The van der Waals surface area contributed by atoms with Gasteiger partial charge in [0.15, 0.2) is 6.10 Å². The van der Waals surface area contributed by atoms with E-state index in [1.807, 2.05) is 31.2 Å². The first-order valence-corrected chi connectivity index (χ1v) is 16.4. The van der Waals surface area contributed by atoms with Crippen LogP contribution in [0.3, 0.4) is 0 Å². The van der Waals surface area contributed by atoms with Gasteiger partial charge in [0.05, 0.1) is 24.3 Å². The Hall–Kier alpha value is -4.16. The quantitative estimate of drug-likeness (QED) is 0.170. The number of ether oxygens (including phenoxy) is 1. The van der Waals surface area contributed by atoms with E-state index in [9.17, 15) is 32.7 Å². The minimum absolute atomic E-state index is 0.0169. The lowest BCUT2D eigenvalue weighted by atomic mass is 9.84. The number of allylic oxidation sites excluding steroid dienone is 1. The second-order valence-corrected chi connectivity index (χ2v) is 12.6. The molecule has 2 atom stereocenters. The fourth-order valence-corrected chi connectivity index (χ4v) is 5.99. The van der Waals surface area contributed by atoms with Gasteiger partial charge in [-0.15, -0.1) is 0 Å². The molecule has 0 spiro atoms. The highest BCUT2D eigenvalue weighted by molar-refractivity contribution is 5.95. The molecule has 0 radical (unpaired) electrons. The zero-order chi connectivity index (χ0) is 34.9. The Labute approximate surface area is 278 Å². The molecule has 2 aliphatic carbocycles. The van der Waals surface area contributed by atoms with E-state index in [2.05, 4.69) is 10.6 Å². The van der Waals surface area contributed by atoms with Crippen molar-refractivity contribution < 1.29 is 42.5 Å². The van der Waals surface area contributed by atoms with E-state index >= 15 is 0 Å². The number of aliphatic carboxylic acids is 1. The van der Waals surface area contributed by atoms with Crippen LogP contribution in [0, 0.1) is 0 Å². The molecule has 0 heterocycles. The van der Waals surface area contributed by atoms with Crippen molar-refractivity contribution >= 4 is 23.6 Å². The monoisotopic (exact) mass is 671 g/mol. The van der Waals surface area contributed by atoms with Gasteiger partial charge in [0.25, 0.3) is 5.91 Å². The molecule has 9 nitrogen and oxygen atoms in total. The van der Waals surface area contributed by atoms with Crippen LogP contribution in [0.5, 0.6) is 0 Å². The SMILES string of the molecule is CCCCOC1(C)CC=C(NC(=O)N(Cc2ccc(C(=O)NC[C@@H](O)C(=O)O)cc2)c2ccc(C3CCCCC3)cc2)C=C1C(F)(F)F. The van der Waals surface area contributed by atoms with Crippen LogP contribution >= 0.6 is 0 Å². The number of carbonyl (C=O) groups is 3. The first-order valence-electron chi connectivity index (χ1n) is 16.4. The maximum atomic E-state index is 14.2. The number of urea groups is 1. The van der Waals surface area contributed by atoms with Crippen molar-refractivity contribution in [2.45, 2.75) is 95.6 Å². The zero-order valence-corrected chi connectivity index (χ0v) is 27.3. The number of rotatable bonds is 13. The Kier molecular flexibility index (Phi) is 12.4. The number of hydrogen-bond acceptors (Lipinski definition) is 5. The molecule has 0 saturated heterocycles. The number of aliphatic hydroxyl groups is 1. The summed E-state index contributed by atoms with van der Waals surface area (Å²) in [6.07, 6.45) is 3.16. The van der Waals surface area contributed by atoms with E-state index in [1.54, 1.807) is 12.1 Å². The number of nitrogens with zero attached hydrogens (tertiary/aromatic N) is 1. The number of unbranched alkanes of at least 4 members (excludes halogenated alkanes) is 1. The van der Waals surface area contributed by atoms with E-state index in [0.717, 1.165) is 25.3 Å². The summed E-state index contributed by atoms with van der Waals surface area (Å²) in [5, 5.41) is 23.3. The van der Waals surface area contributed by atoms with Crippen molar-refractivity contribution in [1.29, 1.82) is 0 Å². The van der Waals surface area contributed by atoms with E-state index in [-0.39, 0.29) is 30.8 Å². The third-order valence-electron chi connectivity index (χ3n) is 8.88. The molecule has 48 heavy (non-hydrogen) atoms. The van der Waals surface area contributed by atoms with Gasteiger partial charge in [-0.1, -0.05) is 62.9 Å². The lowest BCUT2D eigenvalue weighted by molar-refractivity contribution is -0.146. The summed E-state index contributed by atoms with van der Waals surface area (Å²) < 4.78 is 48.3. The van der Waals surface area contributed by atoms with E-state index < -0.39 is 47.9 Å². The average molecular weight is 672 g/mol. The van der Waals surface area contributed by atoms with Gasteiger partial charge < -0.3 is 25.6 Å². The van der Waals surface area contributed by atoms with Crippen LogP contribution in [0.15, 0.2) is 72.0 Å². The first-order chi connectivity index (χ1) is 22.8. The van der Waals surface area contributed by atoms with Crippen molar-refractivity contribution in [3.8, 4) is 0 Å². The Bertz CT molecular complexity index is 1480. The molecule has 0 aliphatic heterocycles. The maximum Gasteiger partial charge on any atom is 0.415 e. The van der Waals surface area contributed by atoms with Gasteiger partial charge in [-0.2, -0.15) is 13.2 Å². The number of hydrogen-bond donors (Lipinski definition) is 4. The van der Waals surface area contributed by atoms with Crippen molar-refractivity contribution in [2.75, 3.05) is 18.1 Å². The van der Waals surface area contributed by atoms with Crippen LogP contribution in [0.4, 0.5) is 23.7 Å². The van der Waals surface area contributed by atoms with Gasteiger partial charge in [-0.05, 0) is 73.6 Å². The van der Waals surface area contributed by atoms with Crippen LogP contribution in [-0.4, -0.2) is 59.2 Å². The summed E-state index contributed by atoms with van der Waals surface area (Å²) in [4.78, 5) is 38.5. The number of nitrogens with one attached hydrogen (secondary N) is 2. The standard InChI is InChI=1S/C36H44F3N3O6/c1-3-4-20-48-35(2)19-18-28(21-31(35)36(37,38)39)41-34(47)42(29-16-14-26(15-17-29)25-8-6-5-7-9-25)23-24-10-12-27(13-11-24)32(44)40-22-30(43)33(45)46/h10-18,21,25,30,43H,3-9,19-20,22-23H2,1-2H3,(H,40,44)(H,41,47)(H,45,46)/t30-,35?/m1/s1. The van der Waals surface area contributed by atoms with Gasteiger partial charge in [0.2, 0.25) is 0 Å². The highest BCUT2D eigenvalue weighted by atomic mass is 19.4. The molecule has 260 valence electrons. The summed E-state index contributed by atoms with van der Waals surface area (Å²) in [5.74, 6) is -1.60. The van der Waals surface area contributed by atoms with Crippen molar-refractivity contribution in [3.05, 3.63) is 88.6 Å². The predicted molar refractivity (Wildman–Crippen MR) is 176 cm³/mol. The number of carboxylic acid groups (broad SMARTS) is 1. The average Bonchev–Trinajstić information content (AvgIpc) is 3.07. The number of aliphatic hydroxyl groups excluding tert-OH is 1. The lowest BCUT2D eigenvalue weighted by Crippen LogP contribution is -2.43. The molecule has 3 amide bonds. The number of anilines is 1. The zero-order valence-electron chi connectivity index (χ0n) is 27.3. The van der Waals surface area contributed by atoms with Crippen molar-refractivity contribution in [2.24, 2.45) is 0 Å². The lowest BCUT2D eigenvalue weighted by Gasteiger charge is -2.36. The third-order valence-corrected chi connectivity index (χ3v) is 8.88. The number of benzene rings is 2. The largest absolute Gasteiger partial charge is 0.479 e. The van der Waals surface area contributed by atoms with Gasteiger partial charge in [0, 0.05) is 30.0 Å². The van der Waals surface area contributed by atoms with Crippen LogP contribution in [0.25, 0.3) is 0 Å². The molecule has 2 aliphatic rings. The summed E-state index contributed by atoms with van der Waals surface area (Å²) in [7, 11) is 0. The van der Waals surface area contributed by atoms with Crippen LogP contribution in [-0.2, 0) is 16.1 Å². The second kappa shape index (κ2) is 16.3. The topological polar surface area (TPSA) is 128 Å².